The Balaban J connectivity index is 2.10. The van der Waals surface area contributed by atoms with E-state index in [1.54, 1.807) is 6.07 Å². The van der Waals surface area contributed by atoms with Gasteiger partial charge in [0, 0.05) is 23.2 Å². The molecule has 1 N–H and O–H groups in total. The third kappa shape index (κ3) is 2.96. The molecular formula is C11H8ClFN2O2S. The minimum atomic E-state index is -0.843. The Morgan fingerprint density at radius 3 is 2.78 bits per heavy atom. The maximum Gasteiger partial charge on any atom is 0.306 e. The van der Waals surface area contributed by atoms with E-state index >= 15 is 0 Å². The molecule has 0 unspecified atom stereocenters. The molecule has 1 heterocycles. The first-order valence-corrected chi connectivity index (χ1v) is 6.18. The molecule has 1 aromatic carbocycles. The molecule has 0 aliphatic heterocycles. The summed E-state index contributed by atoms with van der Waals surface area (Å²) in [6, 6.07) is 7.33. The Labute approximate surface area is 111 Å². The van der Waals surface area contributed by atoms with E-state index in [0.29, 0.717) is 16.6 Å². The summed E-state index contributed by atoms with van der Waals surface area (Å²) in [5.74, 6) is -0.843. The van der Waals surface area contributed by atoms with E-state index in [4.69, 9.17) is 11.6 Å². The zero-order valence-electron chi connectivity index (χ0n) is 9.02. The number of nitro benzene ring substituents is 1. The minimum Gasteiger partial charge on any atom is -0.380 e. The second-order valence-electron chi connectivity index (χ2n) is 3.48. The van der Waals surface area contributed by atoms with Crippen LogP contribution in [0.3, 0.4) is 0 Å². The Bertz CT molecular complexity index is 588. The van der Waals surface area contributed by atoms with Gasteiger partial charge < -0.3 is 5.32 Å². The molecule has 0 spiro atoms. The first-order chi connectivity index (χ1) is 8.56. The molecule has 0 saturated heterocycles. The van der Waals surface area contributed by atoms with Crippen molar-refractivity contribution < 1.29 is 9.31 Å². The van der Waals surface area contributed by atoms with Crippen LogP contribution in [0, 0.1) is 15.9 Å². The summed E-state index contributed by atoms with van der Waals surface area (Å²) in [4.78, 5) is 10.8. The molecule has 0 atom stereocenters. The number of thiophene rings is 1. The summed E-state index contributed by atoms with van der Waals surface area (Å²) >= 11 is 7.20. The van der Waals surface area contributed by atoms with Gasteiger partial charge in [0.15, 0.2) is 0 Å². The molecule has 0 bridgehead atoms. The van der Waals surface area contributed by atoms with Crippen molar-refractivity contribution in [2.75, 3.05) is 5.32 Å². The highest BCUT2D eigenvalue weighted by Crippen LogP contribution is 2.24. The molecular weight excluding hydrogens is 279 g/mol. The number of nitrogens with zero attached hydrogens (tertiary/aromatic N) is 1. The van der Waals surface area contributed by atoms with Crippen LogP contribution in [-0.2, 0) is 6.54 Å². The summed E-state index contributed by atoms with van der Waals surface area (Å²) in [5.41, 5.74) is -0.0446. The lowest BCUT2D eigenvalue weighted by Gasteiger charge is -2.04. The number of hydrogen-bond donors (Lipinski definition) is 1. The van der Waals surface area contributed by atoms with E-state index in [9.17, 15) is 14.5 Å². The molecule has 7 heteroatoms. The van der Waals surface area contributed by atoms with Crippen LogP contribution in [0.2, 0.25) is 4.34 Å². The third-order valence-electron chi connectivity index (χ3n) is 2.24. The van der Waals surface area contributed by atoms with Gasteiger partial charge in [-0.2, -0.15) is 4.39 Å². The Morgan fingerprint density at radius 1 is 1.39 bits per heavy atom. The molecule has 0 amide bonds. The van der Waals surface area contributed by atoms with Gasteiger partial charge in [-0.25, -0.2) is 0 Å². The van der Waals surface area contributed by atoms with Gasteiger partial charge in [0.05, 0.1) is 9.26 Å². The van der Waals surface area contributed by atoms with E-state index in [-0.39, 0.29) is 0 Å². The molecule has 1 aromatic heterocycles. The van der Waals surface area contributed by atoms with Crippen LogP contribution in [-0.4, -0.2) is 4.92 Å². The second kappa shape index (κ2) is 5.32. The first-order valence-electron chi connectivity index (χ1n) is 4.98. The van der Waals surface area contributed by atoms with E-state index in [1.165, 1.54) is 23.5 Å². The van der Waals surface area contributed by atoms with Gasteiger partial charge in [-0.1, -0.05) is 11.6 Å². The first kappa shape index (κ1) is 12.8. The van der Waals surface area contributed by atoms with Crippen LogP contribution in [0.5, 0.6) is 0 Å². The predicted octanol–water partition coefficient (Wildman–Crippen LogP) is 4.06. The summed E-state index contributed by atoms with van der Waals surface area (Å²) in [6.45, 7) is 0.486. The maximum atomic E-state index is 13.1. The van der Waals surface area contributed by atoms with E-state index < -0.39 is 16.4 Å². The van der Waals surface area contributed by atoms with Crippen molar-refractivity contribution in [1.82, 2.24) is 0 Å². The lowest BCUT2D eigenvalue weighted by atomic mass is 10.2. The topological polar surface area (TPSA) is 55.2 Å². The van der Waals surface area contributed by atoms with Gasteiger partial charge in [-0.15, -0.1) is 11.3 Å². The number of halogens is 2. The zero-order valence-corrected chi connectivity index (χ0v) is 10.6. The average Bonchev–Trinajstić information content (AvgIpc) is 2.74. The lowest BCUT2D eigenvalue weighted by Crippen LogP contribution is -1.99. The van der Waals surface area contributed by atoms with Gasteiger partial charge in [0.2, 0.25) is 5.82 Å². The molecule has 0 fully saturated rings. The van der Waals surface area contributed by atoms with Crippen molar-refractivity contribution in [2.45, 2.75) is 6.54 Å². The van der Waals surface area contributed by atoms with E-state index in [0.717, 1.165) is 10.9 Å². The molecule has 4 nitrogen and oxygen atoms in total. The fourth-order valence-electron chi connectivity index (χ4n) is 1.40. The fraction of sp³-hybridized carbons (Fsp3) is 0.0909. The van der Waals surface area contributed by atoms with Crippen molar-refractivity contribution in [3.05, 3.63) is 55.5 Å². The average molecular weight is 287 g/mol. The second-order valence-corrected chi connectivity index (χ2v) is 5.28. The smallest absolute Gasteiger partial charge is 0.306 e. The summed E-state index contributed by atoms with van der Waals surface area (Å²) < 4.78 is 13.8. The summed E-state index contributed by atoms with van der Waals surface area (Å²) in [6.07, 6.45) is 0. The summed E-state index contributed by atoms with van der Waals surface area (Å²) in [7, 11) is 0. The molecule has 18 heavy (non-hydrogen) atoms. The number of anilines is 1. The Morgan fingerprint density at radius 2 is 2.17 bits per heavy atom. The van der Waals surface area contributed by atoms with Crippen molar-refractivity contribution >= 4 is 34.3 Å². The number of benzene rings is 1. The van der Waals surface area contributed by atoms with Gasteiger partial charge in [0.1, 0.15) is 0 Å². The highest BCUT2D eigenvalue weighted by molar-refractivity contribution is 7.16. The Hall–Kier alpha value is -1.66. The predicted molar refractivity (Wildman–Crippen MR) is 69.7 cm³/mol. The lowest BCUT2D eigenvalue weighted by molar-refractivity contribution is -0.387. The van der Waals surface area contributed by atoms with Crippen molar-refractivity contribution in [2.24, 2.45) is 0 Å². The molecule has 0 radical (unpaired) electrons. The third-order valence-corrected chi connectivity index (χ3v) is 3.47. The minimum absolute atomic E-state index is 0.486. The molecule has 0 aliphatic carbocycles. The number of rotatable bonds is 4. The van der Waals surface area contributed by atoms with Crippen molar-refractivity contribution in [1.29, 1.82) is 0 Å². The van der Waals surface area contributed by atoms with E-state index in [2.05, 4.69) is 5.32 Å². The molecule has 94 valence electrons. The van der Waals surface area contributed by atoms with Gasteiger partial charge in [-0.3, -0.25) is 10.1 Å². The Kier molecular flexibility index (Phi) is 3.78. The highest BCUT2D eigenvalue weighted by Gasteiger charge is 2.14. The summed E-state index contributed by atoms with van der Waals surface area (Å²) in [5, 5.41) is 13.6. The number of nitro groups is 1. The van der Waals surface area contributed by atoms with Gasteiger partial charge in [-0.05, 0) is 24.3 Å². The molecule has 0 saturated carbocycles. The monoisotopic (exact) mass is 286 g/mol. The zero-order chi connectivity index (χ0) is 13.1. The van der Waals surface area contributed by atoms with Crippen LogP contribution in [0.4, 0.5) is 15.8 Å². The van der Waals surface area contributed by atoms with Crippen LogP contribution in [0.15, 0.2) is 30.3 Å². The standard InChI is InChI=1S/C11H8ClFN2O2S/c12-11-4-2-8(18-11)6-14-7-1-3-9(13)10(5-7)15(16)17/h1-5,14H,6H2. The normalized spacial score (nSPS) is 10.3. The van der Waals surface area contributed by atoms with Crippen molar-refractivity contribution in [3.63, 3.8) is 0 Å². The van der Waals surface area contributed by atoms with Crippen LogP contribution >= 0.6 is 22.9 Å². The fourth-order valence-corrected chi connectivity index (χ4v) is 2.43. The van der Waals surface area contributed by atoms with Crippen LogP contribution in [0.1, 0.15) is 4.88 Å². The largest absolute Gasteiger partial charge is 0.380 e. The number of nitrogens with one attached hydrogen (secondary N) is 1. The van der Waals surface area contributed by atoms with Gasteiger partial charge in [0.25, 0.3) is 0 Å². The maximum absolute atomic E-state index is 13.1. The molecule has 2 rings (SSSR count). The van der Waals surface area contributed by atoms with E-state index in [1.807, 2.05) is 6.07 Å². The van der Waals surface area contributed by atoms with Gasteiger partial charge >= 0.3 is 5.69 Å². The van der Waals surface area contributed by atoms with Crippen LogP contribution in [0.25, 0.3) is 0 Å². The van der Waals surface area contributed by atoms with Crippen molar-refractivity contribution in [3.8, 4) is 0 Å². The molecule has 2 aromatic rings. The number of hydrogen-bond acceptors (Lipinski definition) is 4. The van der Waals surface area contributed by atoms with Crippen LogP contribution < -0.4 is 5.32 Å². The highest BCUT2D eigenvalue weighted by atomic mass is 35.5. The molecule has 0 aliphatic rings. The SMILES string of the molecule is O=[N+]([O-])c1cc(NCc2ccc(Cl)s2)ccc1F. The quantitative estimate of drug-likeness (QED) is 0.681.